The number of aryl methyl sites for hydroxylation is 1. The van der Waals surface area contributed by atoms with Gasteiger partial charge in [-0.25, -0.2) is 4.39 Å². The molecule has 0 aromatic heterocycles. The van der Waals surface area contributed by atoms with E-state index < -0.39 is 0 Å². The molecule has 1 heteroatoms. The van der Waals surface area contributed by atoms with E-state index in [9.17, 15) is 4.39 Å². The van der Waals surface area contributed by atoms with Gasteiger partial charge < -0.3 is 0 Å². The quantitative estimate of drug-likeness (QED) is 0.663. The maximum Gasteiger partial charge on any atom is 0.129 e. The summed E-state index contributed by atoms with van der Waals surface area (Å²) in [7, 11) is 0. The van der Waals surface area contributed by atoms with Crippen LogP contribution in [0.5, 0.6) is 0 Å². The molecule has 0 saturated heterocycles. The van der Waals surface area contributed by atoms with Gasteiger partial charge in [0.1, 0.15) is 5.82 Å². The van der Waals surface area contributed by atoms with Crippen LogP contribution in [0.4, 0.5) is 4.39 Å². The molecule has 0 amide bonds. The first-order valence-electron chi connectivity index (χ1n) is 4.34. The van der Waals surface area contributed by atoms with Gasteiger partial charge in [-0.1, -0.05) is 31.2 Å². The molecule has 0 spiro atoms. The topological polar surface area (TPSA) is 0 Å². The Hall–Kier alpha value is -1.11. The van der Waals surface area contributed by atoms with Crippen LogP contribution in [0, 0.1) is 18.7 Å². The first kappa shape index (κ1) is 9.97. The number of hydrogen-bond donors (Lipinski definition) is 0. The fraction of sp³-hybridized carbons (Fsp3) is 0.250. The summed E-state index contributed by atoms with van der Waals surface area (Å²) in [5.41, 5.74) is 1.45. The molecule has 0 nitrogen and oxygen atoms in total. The second kappa shape index (κ2) is 4.22. The minimum absolute atomic E-state index is 0.0938. The predicted octanol–water partition coefficient (Wildman–Crippen LogP) is 3.46. The van der Waals surface area contributed by atoms with Crippen LogP contribution in [0.25, 0.3) is 0 Å². The highest BCUT2D eigenvalue weighted by atomic mass is 19.1. The van der Waals surface area contributed by atoms with Crippen molar-refractivity contribution in [2.45, 2.75) is 20.3 Å². The summed E-state index contributed by atoms with van der Waals surface area (Å²) in [6, 6.07) is 5.47. The van der Waals surface area contributed by atoms with Gasteiger partial charge in [0, 0.05) is 0 Å². The molecule has 0 aliphatic carbocycles. The van der Waals surface area contributed by atoms with Crippen LogP contribution in [0.3, 0.4) is 0 Å². The van der Waals surface area contributed by atoms with E-state index in [2.05, 4.69) is 6.58 Å². The molecule has 0 N–H and O–H groups in total. The monoisotopic (exact) mass is 177 g/mol. The zero-order valence-corrected chi connectivity index (χ0v) is 8.10. The summed E-state index contributed by atoms with van der Waals surface area (Å²) in [4.78, 5) is 0. The van der Waals surface area contributed by atoms with Crippen molar-refractivity contribution < 1.29 is 4.39 Å². The third kappa shape index (κ3) is 2.41. The summed E-state index contributed by atoms with van der Waals surface area (Å²) < 4.78 is 13.5. The Labute approximate surface area is 79.1 Å². The van der Waals surface area contributed by atoms with E-state index in [0.29, 0.717) is 12.0 Å². The minimum atomic E-state index is -0.0938. The largest absolute Gasteiger partial charge is 0.206 e. The van der Waals surface area contributed by atoms with Crippen molar-refractivity contribution in [1.82, 2.24) is 0 Å². The number of hydrogen-bond acceptors (Lipinski definition) is 0. The fourth-order valence-corrected chi connectivity index (χ4v) is 1.22. The molecule has 0 aliphatic heterocycles. The van der Waals surface area contributed by atoms with Crippen LogP contribution in [0.2, 0.25) is 0 Å². The highest BCUT2D eigenvalue weighted by molar-refractivity contribution is 5.28. The summed E-state index contributed by atoms with van der Waals surface area (Å²) >= 11 is 0. The molecule has 0 atom stereocenters. The minimum Gasteiger partial charge on any atom is -0.206 e. The van der Waals surface area contributed by atoms with Gasteiger partial charge >= 0.3 is 0 Å². The molecule has 0 bridgehead atoms. The molecular weight excluding hydrogens is 163 g/mol. The summed E-state index contributed by atoms with van der Waals surface area (Å²) in [6.07, 6.45) is 2.42. The van der Waals surface area contributed by atoms with E-state index >= 15 is 0 Å². The van der Waals surface area contributed by atoms with Gasteiger partial charge in [-0.3, -0.25) is 0 Å². The van der Waals surface area contributed by atoms with E-state index in [4.69, 9.17) is 0 Å². The van der Waals surface area contributed by atoms with Gasteiger partial charge in [-0.2, -0.15) is 0 Å². The van der Waals surface area contributed by atoms with Gasteiger partial charge in [0.05, 0.1) is 0 Å². The third-order valence-electron chi connectivity index (χ3n) is 2.09. The van der Waals surface area contributed by atoms with Gasteiger partial charge in [-0.15, -0.1) is 6.58 Å². The summed E-state index contributed by atoms with van der Waals surface area (Å²) in [6.45, 7) is 7.38. The molecule has 13 heavy (non-hydrogen) atoms. The molecule has 0 unspecified atom stereocenters. The van der Waals surface area contributed by atoms with Crippen molar-refractivity contribution in [3.8, 4) is 0 Å². The molecule has 1 aromatic carbocycles. The Morgan fingerprint density at radius 3 is 2.85 bits per heavy atom. The van der Waals surface area contributed by atoms with E-state index in [-0.39, 0.29) is 5.82 Å². The average molecular weight is 177 g/mol. The van der Waals surface area contributed by atoms with Crippen LogP contribution < -0.4 is 0 Å². The lowest BCUT2D eigenvalue weighted by Crippen LogP contribution is -1.98. The van der Waals surface area contributed by atoms with Gasteiger partial charge in [-0.05, 0) is 30.4 Å². The molecule has 0 aliphatic rings. The first-order chi connectivity index (χ1) is 6.15. The SMILES string of the molecule is C=C[C](C)Cc1cccc(C)c1F. The lowest BCUT2D eigenvalue weighted by Gasteiger charge is -2.07. The zero-order chi connectivity index (χ0) is 9.84. The smallest absolute Gasteiger partial charge is 0.129 e. The standard InChI is InChI=1S/C12H14F/c1-4-9(2)8-11-7-5-6-10(3)12(11)13/h4-7H,1,8H2,2-3H3. The van der Waals surface area contributed by atoms with Crippen molar-refractivity contribution in [3.05, 3.63) is 53.7 Å². The van der Waals surface area contributed by atoms with Crippen molar-refractivity contribution in [1.29, 1.82) is 0 Å². The number of allylic oxidation sites excluding steroid dienone is 1. The zero-order valence-electron chi connectivity index (χ0n) is 8.10. The molecule has 1 rings (SSSR count). The summed E-state index contributed by atoms with van der Waals surface area (Å²) in [5, 5.41) is 0. The fourth-order valence-electron chi connectivity index (χ4n) is 1.22. The maximum absolute atomic E-state index is 13.5. The normalized spacial score (nSPS) is 10.5. The molecule has 1 radical (unpaired) electrons. The van der Waals surface area contributed by atoms with Gasteiger partial charge in [0.15, 0.2) is 0 Å². The average Bonchev–Trinajstić information content (AvgIpc) is 2.13. The van der Waals surface area contributed by atoms with Crippen molar-refractivity contribution in [2.75, 3.05) is 0 Å². The molecular formula is C12H14F. The first-order valence-corrected chi connectivity index (χ1v) is 4.34. The summed E-state index contributed by atoms with van der Waals surface area (Å²) in [5.74, 6) is 0.994. The Bertz CT molecular complexity index is 302. The van der Waals surface area contributed by atoms with Crippen molar-refractivity contribution in [3.63, 3.8) is 0 Å². The number of halogens is 1. The molecule has 69 valence electrons. The Kier molecular flexibility index (Phi) is 3.24. The van der Waals surface area contributed by atoms with E-state index in [1.54, 1.807) is 19.1 Å². The van der Waals surface area contributed by atoms with Crippen LogP contribution in [-0.2, 0) is 6.42 Å². The van der Waals surface area contributed by atoms with Crippen LogP contribution in [0.15, 0.2) is 30.9 Å². The number of rotatable bonds is 3. The van der Waals surface area contributed by atoms with Crippen LogP contribution in [0.1, 0.15) is 18.1 Å². The highest BCUT2D eigenvalue weighted by Crippen LogP contribution is 2.17. The van der Waals surface area contributed by atoms with E-state index in [0.717, 1.165) is 11.5 Å². The highest BCUT2D eigenvalue weighted by Gasteiger charge is 2.06. The van der Waals surface area contributed by atoms with Crippen molar-refractivity contribution >= 4 is 0 Å². The van der Waals surface area contributed by atoms with E-state index in [1.165, 1.54) is 0 Å². The molecule has 0 heterocycles. The maximum atomic E-state index is 13.5. The van der Waals surface area contributed by atoms with Crippen molar-refractivity contribution in [2.24, 2.45) is 0 Å². The lowest BCUT2D eigenvalue weighted by molar-refractivity contribution is 0.602. The van der Waals surface area contributed by atoms with Gasteiger partial charge in [0.2, 0.25) is 0 Å². The Balaban J connectivity index is 2.88. The Morgan fingerprint density at radius 1 is 1.54 bits per heavy atom. The predicted molar refractivity (Wildman–Crippen MR) is 54.0 cm³/mol. The van der Waals surface area contributed by atoms with E-state index in [1.807, 2.05) is 19.1 Å². The molecule has 0 saturated carbocycles. The van der Waals surface area contributed by atoms with Gasteiger partial charge in [0.25, 0.3) is 0 Å². The lowest BCUT2D eigenvalue weighted by atomic mass is 9.99. The number of benzene rings is 1. The van der Waals surface area contributed by atoms with Crippen LogP contribution >= 0.6 is 0 Å². The third-order valence-corrected chi connectivity index (χ3v) is 2.09. The second-order valence-corrected chi connectivity index (χ2v) is 3.28. The molecule has 0 fully saturated rings. The second-order valence-electron chi connectivity index (χ2n) is 3.28. The Morgan fingerprint density at radius 2 is 2.23 bits per heavy atom. The molecule has 1 aromatic rings. The van der Waals surface area contributed by atoms with Crippen LogP contribution in [-0.4, -0.2) is 0 Å².